The lowest BCUT2D eigenvalue weighted by molar-refractivity contribution is -0.610. The smallest absolute Gasteiger partial charge is 0.315 e. The number of aryl methyl sites for hydroxylation is 1. The van der Waals surface area contributed by atoms with E-state index in [-0.39, 0.29) is 5.69 Å². The molecule has 6 nitrogen and oxygen atoms in total. The molecule has 0 aromatic carbocycles. The number of pyridine rings is 3. The molecule has 0 aliphatic carbocycles. The minimum atomic E-state index is -0.799. The highest BCUT2D eigenvalue weighted by Crippen LogP contribution is 2.24. The molecular formula is C15H11N4O2. The number of aromatic nitrogens is 3. The Morgan fingerprint density at radius 3 is 2.95 bits per heavy atom. The van der Waals surface area contributed by atoms with Crippen molar-refractivity contribution in [2.45, 2.75) is 6.92 Å². The summed E-state index contributed by atoms with van der Waals surface area (Å²) in [6, 6.07) is 5.01. The molecule has 6 heteroatoms. The fourth-order valence-corrected chi connectivity index (χ4v) is 2.20. The highest BCUT2D eigenvalue weighted by atomic mass is 16.5. The summed E-state index contributed by atoms with van der Waals surface area (Å²) in [4.78, 5) is 19.9. The number of hydrogen-bond acceptors (Lipinski definition) is 4. The molecule has 0 saturated heterocycles. The first-order valence-corrected chi connectivity index (χ1v) is 6.22. The topological polar surface area (TPSA) is 95.8 Å². The second-order valence-corrected chi connectivity index (χ2v) is 4.63. The Balaban J connectivity index is 2.31. The van der Waals surface area contributed by atoms with Crippen molar-refractivity contribution in [2.24, 2.45) is 5.73 Å². The molecule has 1 radical (unpaired) electrons. The van der Waals surface area contributed by atoms with E-state index in [1.54, 1.807) is 24.7 Å². The van der Waals surface area contributed by atoms with Gasteiger partial charge in [-0.1, -0.05) is 0 Å². The normalized spacial score (nSPS) is 10.7. The van der Waals surface area contributed by atoms with Crippen LogP contribution in [0.2, 0.25) is 0 Å². The van der Waals surface area contributed by atoms with Crippen molar-refractivity contribution in [3.05, 3.63) is 59.5 Å². The molecule has 21 heavy (non-hydrogen) atoms. The maximum absolute atomic E-state index is 11.7. The van der Waals surface area contributed by atoms with Gasteiger partial charge in [0.15, 0.2) is 0 Å². The number of fused-ring (bicyclic) bond motifs is 1. The van der Waals surface area contributed by atoms with E-state index in [1.807, 2.05) is 13.0 Å². The Morgan fingerprint density at radius 1 is 1.43 bits per heavy atom. The molecule has 103 valence electrons. The summed E-state index contributed by atoms with van der Waals surface area (Å²) in [7, 11) is 0. The number of nitrogens with two attached hydrogens (primary N) is 1. The summed E-state index contributed by atoms with van der Waals surface area (Å²) in [6.45, 7) is 1.93. The quantitative estimate of drug-likeness (QED) is 0.562. The van der Waals surface area contributed by atoms with E-state index < -0.39 is 5.91 Å². The zero-order valence-corrected chi connectivity index (χ0v) is 11.2. The van der Waals surface area contributed by atoms with Gasteiger partial charge in [-0.25, -0.2) is 0 Å². The van der Waals surface area contributed by atoms with Crippen LogP contribution >= 0.6 is 0 Å². The van der Waals surface area contributed by atoms with E-state index in [2.05, 4.69) is 16.2 Å². The lowest BCUT2D eigenvalue weighted by Crippen LogP contribution is -2.37. The van der Waals surface area contributed by atoms with Gasteiger partial charge in [-0.2, -0.15) is 4.73 Å². The molecule has 0 spiro atoms. The average molecular weight is 279 g/mol. The Morgan fingerprint density at radius 2 is 2.24 bits per heavy atom. The zero-order chi connectivity index (χ0) is 15.0. The molecule has 0 aliphatic rings. The van der Waals surface area contributed by atoms with Gasteiger partial charge in [0.2, 0.25) is 0 Å². The van der Waals surface area contributed by atoms with Gasteiger partial charge in [0, 0.05) is 35.6 Å². The molecule has 3 heterocycles. The second kappa shape index (κ2) is 4.82. The van der Waals surface area contributed by atoms with E-state index in [0.29, 0.717) is 21.2 Å². The van der Waals surface area contributed by atoms with Crippen molar-refractivity contribution in [3.63, 3.8) is 0 Å². The van der Waals surface area contributed by atoms with Crippen LogP contribution in [0.1, 0.15) is 16.1 Å². The number of amides is 1. The molecule has 0 saturated carbocycles. The lowest BCUT2D eigenvalue weighted by Gasteiger charge is -2.07. The minimum Gasteiger partial charge on any atom is -0.618 e. The molecule has 3 aromatic heterocycles. The summed E-state index contributed by atoms with van der Waals surface area (Å²) in [6.07, 6.45) is 7.36. The van der Waals surface area contributed by atoms with Gasteiger partial charge < -0.3 is 10.9 Å². The van der Waals surface area contributed by atoms with E-state index in [9.17, 15) is 10.0 Å². The van der Waals surface area contributed by atoms with Crippen molar-refractivity contribution in [1.29, 1.82) is 0 Å². The van der Waals surface area contributed by atoms with Crippen LogP contribution < -0.4 is 10.5 Å². The summed E-state index contributed by atoms with van der Waals surface area (Å²) in [5.41, 5.74) is 7.60. The van der Waals surface area contributed by atoms with E-state index in [4.69, 9.17) is 5.73 Å². The van der Waals surface area contributed by atoms with Crippen LogP contribution in [0.4, 0.5) is 0 Å². The third-order valence-electron chi connectivity index (χ3n) is 3.28. The standard InChI is InChI=1S/C15H11N4O2/c1-9-2-4-17-8-12(9)13-6-11-10(7-18-13)3-5-19(21)14(11)15(16)20/h2-4,6-8H,1H3,(H2,16,20). The molecule has 2 N–H and O–H groups in total. The third-order valence-corrected chi connectivity index (χ3v) is 3.28. The predicted octanol–water partition coefficient (Wildman–Crippen LogP) is 1.14. The van der Waals surface area contributed by atoms with Crippen molar-refractivity contribution in [3.8, 4) is 11.3 Å². The van der Waals surface area contributed by atoms with Crippen LogP contribution in [0.3, 0.4) is 0 Å². The first-order chi connectivity index (χ1) is 10.1. The van der Waals surface area contributed by atoms with Gasteiger partial charge >= 0.3 is 5.91 Å². The molecule has 3 rings (SSSR count). The van der Waals surface area contributed by atoms with Gasteiger partial charge in [-0.15, -0.1) is 0 Å². The third kappa shape index (κ3) is 2.16. The fourth-order valence-electron chi connectivity index (χ4n) is 2.20. The monoisotopic (exact) mass is 279 g/mol. The number of carbonyl (C=O) groups is 1. The number of hydrogen-bond donors (Lipinski definition) is 1. The minimum absolute atomic E-state index is 0.141. The van der Waals surface area contributed by atoms with Gasteiger partial charge in [0.05, 0.1) is 11.1 Å². The van der Waals surface area contributed by atoms with Gasteiger partial charge in [0.1, 0.15) is 0 Å². The Labute approximate surface area is 120 Å². The summed E-state index contributed by atoms with van der Waals surface area (Å²) in [5.74, 6) is -0.799. The van der Waals surface area contributed by atoms with E-state index in [1.165, 1.54) is 6.07 Å². The largest absolute Gasteiger partial charge is 0.618 e. The van der Waals surface area contributed by atoms with Crippen molar-refractivity contribution >= 4 is 16.7 Å². The number of carbonyl (C=O) groups excluding carboxylic acids is 1. The van der Waals surface area contributed by atoms with Gasteiger partial charge in [-0.3, -0.25) is 14.8 Å². The first-order valence-electron chi connectivity index (χ1n) is 6.22. The highest BCUT2D eigenvalue weighted by Gasteiger charge is 2.19. The van der Waals surface area contributed by atoms with Crippen LogP contribution in [0.25, 0.3) is 22.0 Å². The van der Waals surface area contributed by atoms with E-state index in [0.717, 1.165) is 11.1 Å². The maximum atomic E-state index is 11.7. The Bertz CT molecular complexity index is 861. The van der Waals surface area contributed by atoms with Crippen LogP contribution in [-0.4, -0.2) is 15.9 Å². The summed E-state index contributed by atoms with van der Waals surface area (Å²) < 4.78 is 0.352. The highest BCUT2D eigenvalue weighted by molar-refractivity contribution is 6.03. The Hall–Kier alpha value is -3.02. The molecule has 0 bridgehead atoms. The Kier molecular flexibility index (Phi) is 2.98. The number of nitrogens with zero attached hydrogens (tertiary/aromatic N) is 3. The molecular weight excluding hydrogens is 268 g/mol. The maximum Gasteiger partial charge on any atom is 0.315 e. The zero-order valence-electron chi connectivity index (χ0n) is 11.2. The molecule has 0 unspecified atom stereocenters. The predicted molar refractivity (Wildman–Crippen MR) is 76.0 cm³/mol. The summed E-state index contributed by atoms with van der Waals surface area (Å²) >= 11 is 0. The number of rotatable bonds is 2. The molecule has 0 aliphatic heterocycles. The second-order valence-electron chi connectivity index (χ2n) is 4.63. The first kappa shape index (κ1) is 13.0. The van der Waals surface area contributed by atoms with Crippen LogP contribution in [0, 0.1) is 18.3 Å². The molecule has 3 aromatic rings. The number of primary amides is 1. The van der Waals surface area contributed by atoms with E-state index >= 15 is 0 Å². The van der Waals surface area contributed by atoms with Crippen LogP contribution in [0.5, 0.6) is 0 Å². The van der Waals surface area contributed by atoms with Gasteiger partial charge in [0.25, 0.3) is 11.9 Å². The molecule has 0 fully saturated rings. The average Bonchev–Trinajstić information content (AvgIpc) is 2.46. The fraction of sp³-hybridized carbons (Fsp3) is 0.0667. The van der Waals surface area contributed by atoms with Crippen molar-refractivity contribution < 1.29 is 9.52 Å². The molecule has 0 atom stereocenters. The van der Waals surface area contributed by atoms with Crippen molar-refractivity contribution in [2.75, 3.05) is 0 Å². The van der Waals surface area contributed by atoms with Gasteiger partial charge in [-0.05, 0) is 24.6 Å². The van der Waals surface area contributed by atoms with Crippen LogP contribution in [-0.2, 0) is 0 Å². The van der Waals surface area contributed by atoms with Crippen LogP contribution in [0.15, 0.2) is 36.8 Å². The van der Waals surface area contributed by atoms with Crippen molar-refractivity contribution in [1.82, 2.24) is 9.97 Å². The molecule has 1 amide bonds. The lowest BCUT2D eigenvalue weighted by atomic mass is 10.0. The summed E-state index contributed by atoms with van der Waals surface area (Å²) in [5, 5.41) is 12.8. The SMILES string of the molecule is Cc1ccncc1-c1cc2c(C(N)=O)[n+]([O-])[c]cc2cn1.